The van der Waals surface area contributed by atoms with E-state index < -0.39 is 5.97 Å². The van der Waals surface area contributed by atoms with Crippen LogP contribution in [-0.4, -0.2) is 17.7 Å². The molecule has 1 aromatic rings. The molecular weight excluding hydrogens is 180 g/mol. The van der Waals surface area contributed by atoms with Crippen LogP contribution in [0.3, 0.4) is 0 Å². The first kappa shape index (κ1) is 10.3. The highest BCUT2D eigenvalue weighted by molar-refractivity contribution is 5.68. The van der Waals surface area contributed by atoms with Gasteiger partial charge in [-0.15, -0.1) is 0 Å². The quantitative estimate of drug-likeness (QED) is 0.795. The fraction of sp³-hybridized carbons (Fsp3) is 0.182. The lowest BCUT2D eigenvalue weighted by Gasteiger charge is -2.02. The second kappa shape index (κ2) is 5.07. The molecule has 0 aliphatic carbocycles. The van der Waals surface area contributed by atoms with E-state index in [2.05, 4.69) is 0 Å². The topological polar surface area (TPSA) is 46.5 Å². The number of carboxylic acid groups (broad SMARTS) is 1. The number of benzene rings is 1. The van der Waals surface area contributed by atoms with Gasteiger partial charge in [0.25, 0.3) is 0 Å². The fourth-order valence-corrected chi connectivity index (χ4v) is 1.01. The lowest BCUT2D eigenvalue weighted by Crippen LogP contribution is -2.09. The van der Waals surface area contributed by atoms with Crippen molar-refractivity contribution in [1.29, 1.82) is 0 Å². The third-order valence-electron chi connectivity index (χ3n) is 1.60. The Morgan fingerprint density at radius 1 is 1.43 bits per heavy atom. The van der Waals surface area contributed by atoms with Crippen molar-refractivity contribution in [2.24, 2.45) is 0 Å². The number of hydrogen-bond acceptors (Lipinski definition) is 2. The molecule has 1 N–H and O–H groups in total. The Bertz CT molecular complexity index is 325. The van der Waals surface area contributed by atoms with Gasteiger partial charge in [0.2, 0.25) is 0 Å². The van der Waals surface area contributed by atoms with Crippen LogP contribution in [0.4, 0.5) is 0 Å². The summed E-state index contributed by atoms with van der Waals surface area (Å²) in [6, 6.07) is 7.24. The molecule has 3 nitrogen and oxygen atoms in total. The Labute approximate surface area is 82.6 Å². The fourth-order valence-electron chi connectivity index (χ4n) is 1.01. The van der Waals surface area contributed by atoms with Crippen LogP contribution in [0.25, 0.3) is 6.08 Å². The Morgan fingerprint density at radius 2 is 2.07 bits per heavy atom. The van der Waals surface area contributed by atoms with Gasteiger partial charge in [0.15, 0.2) is 6.61 Å². The zero-order chi connectivity index (χ0) is 10.4. The van der Waals surface area contributed by atoms with Crippen LogP contribution >= 0.6 is 0 Å². The summed E-state index contributed by atoms with van der Waals surface area (Å²) in [5.41, 5.74) is 1.06. The first-order chi connectivity index (χ1) is 6.72. The number of hydrogen-bond donors (Lipinski definition) is 1. The predicted octanol–water partition coefficient (Wildman–Crippen LogP) is 2.18. The average Bonchev–Trinajstić information content (AvgIpc) is 2.17. The third-order valence-corrected chi connectivity index (χ3v) is 1.60. The minimum Gasteiger partial charge on any atom is -0.482 e. The van der Waals surface area contributed by atoms with Crippen LogP contribution in [0.1, 0.15) is 12.5 Å². The Balaban J connectivity index is 2.59. The van der Waals surface area contributed by atoms with Gasteiger partial charge in [0.05, 0.1) is 0 Å². The highest BCUT2D eigenvalue weighted by Crippen LogP contribution is 2.12. The molecule has 1 aromatic carbocycles. The van der Waals surface area contributed by atoms with Gasteiger partial charge in [0.1, 0.15) is 5.75 Å². The molecule has 0 aromatic heterocycles. The molecule has 0 saturated carbocycles. The molecule has 14 heavy (non-hydrogen) atoms. The summed E-state index contributed by atoms with van der Waals surface area (Å²) in [4.78, 5) is 10.2. The maximum Gasteiger partial charge on any atom is 0.341 e. The normalized spacial score (nSPS) is 10.4. The van der Waals surface area contributed by atoms with Gasteiger partial charge in [-0.05, 0) is 24.6 Å². The number of aliphatic carboxylic acids is 1. The molecule has 0 spiro atoms. The van der Waals surface area contributed by atoms with E-state index in [0.29, 0.717) is 5.75 Å². The van der Waals surface area contributed by atoms with Crippen LogP contribution in [0, 0.1) is 0 Å². The van der Waals surface area contributed by atoms with Crippen molar-refractivity contribution in [2.75, 3.05) is 6.61 Å². The van der Waals surface area contributed by atoms with Crippen LogP contribution < -0.4 is 4.74 Å². The number of ether oxygens (including phenoxy) is 1. The maximum atomic E-state index is 10.2. The van der Waals surface area contributed by atoms with E-state index in [-0.39, 0.29) is 6.61 Å². The van der Waals surface area contributed by atoms with Gasteiger partial charge in [-0.25, -0.2) is 4.79 Å². The van der Waals surface area contributed by atoms with E-state index in [9.17, 15) is 4.79 Å². The number of rotatable bonds is 4. The number of carboxylic acids is 1. The van der Waals surface area contributed by atoms with E-state index in [1.54, 1.807) is 12.1 Å². The second-order valence-corrected chi connectivity index (χ2v) is 2.75. The molecule has 0 unspecified atom stereocenters. The van der Waals surface area contributed by atoms with E-state index in [1.165, 1.54) is 0 Å². The van der Waals surface area contributed by atoms with Crippen LogP contribution in [0.5, 0.6) is 5.75 Å². The van der Waals surface area contributed by atoms with Gasteiger partial charge in [0, 0.05) is 0 Å². The molecule has 0 radical (unpaired) electrons. The smallest absolute Gasteiger partial charge is 0.341 e. The van der Waals surface area contributed by atoms with Crippen LogP contribution in [-0.2, 0) is 4.79 Å². The number of allylic oxidation sites excluding steroid dienone is 1. The molecule has 0 bridgehead atoms. The molecule has 0 atom stereocenters. The van der Waals surface area contributed by atoms with E-state index in [1.807, 2.05) is 31.2 Å². The minimum atomic E-state index is -0.970. The minimum absolute atomic E-state index is 0.303. The van der Waals surface area contributed by atoms with Gasteiger partial charge in [-0.1, -0.05) is 24.3 Å². The molecule has 0 aliphatic heterocycles. The first-order valence-electron chi connectivity index (χ1n) is 4.29. The lowest BCUT2D eigenvalue weighted by molar-refractivity contribution is -0.139. The second-order valence-electron chi connectivity index (χ2n) is 2.75. The molecular formula is C11H12O3. The molecule has 1 rings (SSSR count). The molecule has 0 aliphatic rings. The highest BCUT2D eigenvalue weighted by Gasteiger charge is 1.97. The standard InChI is InChI=1S/C11H12O3/c1-2-3-9-4-6-10(7-5-9)14-8-11(12)13/h2-7H,8H2,1H3,(H,12,13). The first-order valence-corrected chi connectivity index (χ1v) is 4.29. The van der Waals surface area contributed by atoms with Crippen molar-refractivity contribution in [3.05, 3.63) is 35.9 Å². The molecule has 74 valence electrons. The highest BCUT2D eigenvalue weighted by atomic mass is 16.5. The Hall–Kier alpha value is -1.77. The summed E-state index contributed by atoms with van der Waals surface area (Å²) in [5.74, 6) is -0.400. The van der Waals surface area contributed by atoms with Gasteiger partial charge >= 0.3 is 5.97 Å². The molecule has 0 amide bonds. The van der Waals surface area contributed by atoms with Crippen molar-refractivity contribution in [3.8, 4) is 5.75 Å². The molecule has 3 heteroatoms. The molecule has 0 saturated heterocycles. The van der Waals surface area contributed by atoms with Crippen molar-refractivity contribution in [2.45, 2.75) is 6.92 Å². The zero-order valence-electron chi connectivity index (χ0n) is 7.93. The van der Waals surface area contributed by atoms with Crippen molar-refractivity contribution >= 4 is 12.0 Å². The largest absolute Gasteiger partial charge is 0.482 e. The summed E-state index contributed by atoms with van der Waals surface area (Å²) in [6.07, 6.45) is 3.90. The summed E-state index contributed by atoms with van der Waals surface area (Å²) in [5, 5.41) is 8.38. The summed E-state index contributed by atoms with van der Waals surface area (Å²) in [7, 11) is 0. The van der Waals surface area contributed by atoms with Crippen LogP contribution in [0.2, 0.25) is 0 Å². The predicted molar refractivity (Wildman–Crippen MR) is 54.3 cm³/mol. The van der Waals surface area contributed by atoms with Gasteiger partial charge < -0.3 is 9.84 Å². The maximum absolute atomic E-state index is 10.2. The SMILES string of the molecule is CC=Cc1ccc(OCC(=O)O)cc1. The average molecular weight is 192 g/mol. The third kappa shape index (κ3) is 3.31. The monoisotopic (exact) mass is 192 g/mol. The lowest BCUT2D eigenvalue weighted by atomic mass is 10.2. The number of carbonyl (C=O) groups is 1. The Kier molecular flexibility index (Phi) is 3.73. The summed E-state index contributed by atoms with van der Waals surface area (Å²) >= 11 is 0. The van der Waals surface area contributed by atoms with E-state index >= 15 is 0 Å². The molecule has 0 heterocycles. The van der Waals surface area contributed by atoms with Crippen molar-refractivity contribution in [1.82, 2.24) is 0 Å². The summed E-state index contributed by atoms with van der Waals surface area (Å²) < 4.78 is 4.98. The molecule has 0 fully saturated rings. The van der Waals surface area contributed by atoms with E-state index in [4.69, 9.17) is 9.84 Å². The van der Waals surface area contributed by atoms with Gasteiger partial charge in [-0.2, -0.15) is 0 Å². The van der Waals surface area contributed by atoms with Gasteiger partial charge in [-0.3, -0.25) is 0 Å². The van der Waals surface area contributed by atoms with Crippen molar-refractivity contribution in [3.63, 3.8) is 0 Å². The van der Waals surface area contributed by atoms with Crippen molar-refractivity contribution < 1.29 is 14.6 Å². The zero-order valence-corrected chi connectivity index (χ0v) is 7.93. The summed E-state index contributed by atoms with van der Waals surface area (Å²) in [6.45, 7) is 1.64. The van der Waals surface area contributed by atoms with Crippen LogP contribution in [0.15, 0.2) is 30.3 Å². The van der Waals surface area contributed by atoms with E-state index in [0.717, 1.165) is 5.56 Å². The Morgan fingerprint density at radius 3 is 2.57 bits per heavy atom.